The molecule has 0 amide bonds. The monoisotopic (exact) mass is 246 g/mol. The normalized spacial score (nSPS) is 15.2. The van der Waals surface area contributed by atoms with Crippen molar-refractivity contribution in [1.29, 1.82) is 0 Å². The zero-order valence-electron chi connectivity index (χ0n) is 8.71. The van der Waals surface area contributed by atoms with E-state index in [2.05, 4.69) is 0 Å². The number of carbonyl (C=O) groups excluding carboxylic acids is 1. The molecule has 0 unspecified atom stereocenters. The Kier molecular flexibility index (Phi) is 2.95. The number of hydrogen-bond acceptors (Lipinski definition) is 3. The Bertz CT molecular complexity index is 440. The summed E-state index contributed by atoms with van der Waals surface area (Å²) in [6, 6.07) is 2.41. The van der Waals surface area contributed by atoms with E-state index in [1.54, 1.807) is 0 Å². The Labute approximate surface area is 95.1 Å². The van der Waals surface area contributed by atoms with Gasteiger partial charge >= 0.3 is 6.18 Å². The van der Waals surface area contributed by atoms with Crippen LogP contribution >= 0.6 is 0 Å². The Hall–Kier alpha value is -1.72. The molecular weight excluding hydrogens is 237 g/mol. The topological polar surface area (TPSA) is 35.5 Å². The molecule has 0 spiro atoms. The van der Waals surface area contributed by atoms with Crippen molar-refractivity contribution < 1.29 is 27.4 Å². The van der Waals surface area contributed by atoms with E-state index in [1.807, 2.05) is 0 Å². The van der Waals surface area contributed by atoms with Crippen LogP contribution in [-0.2, 0) is 6.18 Å². The molecule has 0 bridgehead atoms. The van der Waals surface area contributed by atoms with Crippen molar-refractivity contribution in [3.63, 3.8) is 0 Å². The highest BCUT2D eigenvalue weighted by Crippen LogP contribution is 2.44. The molecule has 92 valence electrons. The molecule has 6 heteroatoms. The van der Waals surface area contributed by atoms with E-state index in [0.29, 0.717) is 13.0 Å². The minimum absolute atomic E-state index is 0.0282. The maximum atomic E-state index is 12.9. The molecule has 0 atom stereocenters. The molecule has 0 N–H and O–H groups in total. The number of fused-ring (bicyclic) bond motifs is 1. The first kappa shape index (κ1) is 11.8. The Morgan fingerprint density at radius 1 is 1.18 bits per heavy atom. The van der Waals surface area contributed by atoms with Crippen molar-refractivity contribution in [3.8, 4) is 11.5 Å². The van der Waals surface area contributed by atoms with Gasteiger partial charge in [0.1, 0.15) is 5.56 Å². The van der Waals surface area contributed by atoms with Crippen LogP contribution in [0.15, 0.2) is 12.1 Å². The van der Waals surface area contributed by atoms with Gasteiger partial charge in [0.15, 0.2) is 17.8 Å². The van der Waals surface area contributed by atoms with Crippen LogP contribution in [0, 0.1) is 0 Å². The first-order valence-corrected chi connectivity index (χ1v) is 4.99. The van der Waals surface area contributed by atoms with Gasteiger partial charge in [0.25, 0.3) is 0 Å². The average Bonchev–Trinajstić information content (AvgIpc) is 2.50. The van der Waals surface area contributed by atoms with Gasteiger partial charge in [-0.2, -0.15) is 13.2 Å². The van der Waals surface area contributed by atoms with Crippen molar-refractivity contribution in [1.82, 2.24) is 0 Å². The minimum atomic E-state index is -4.64. The second kappa shape index (κ2) is 4.27. The van der Waals surface area contributed by atoms with Crippen LogP contribution in [0.5, 0.6) is 11.5 Å². The lowest BCUT2D eigenvalue weighted by Gasteiger charge is -2.16. The maximum absolute atomic E-state index is 12.9. The molecule has 0 aromatic heterocycles. The van der Waals surface area contributed by atoms with Gasteiger partial charge in [0.2, 0.25) is 0 Å². The van der Waals surface area contributed by atoms with Crippen molar-refractivity contribution in [2.75, 3.05) is 13.2 Å². The molecule has 1 aromatic carbocycles. The molecule has 2 rings (SSSR count). The number of benzene rings is 1. The molecule has 0 saturated carbocycles. The molecule has 1 aliphatic heterocycles. The fraction of sp³-hybridized carbons (Fsp3) is 0.364. The second-order valence-electron chi connectivity index (χ2n) is 3.52. The lowest BCUT2D eigenvalue weighted by molar-refractivity contribution is -0.139. The second-order valence-corrected chi connectivity index (χ2v) is 3.52. The van der Waals surface area contributed by atoms with Crippen LogP contribution in [0.3, 0.4) is 0 Å². The Morgan fingerprint density at radius 2 is 1.88 bits per heavy atom. The summed E-state index contributed by atoms with van der Waals surface area (Å²) in [5.74, 6) is -0.361. The summed E-state index contributed by atoms with van der Waals surface area (Å²) >= 11 is 0. The van der Waals surface area contributed by atoms with Crippen molar-refractivity contribution in [3.05, 3.63) is 23.3 Å². The van der Waals surface area contributed by atoms with Gasteiger partial charge in [-0.25, -0.2) is 0 Å². The zero-order chi connectivity index (χ0) is 12.5. The van der Waals surface area contributed by atoms with Gasteiger partial charge < -0.3 is 9.47 Å². The van der Waals surface area contributed by atoms with E-state index in [1.165, 1.54) is 6.07 Å². The van der Waals surface area contributed by atoms with Gasteiger partial charge in [0, 0.05) is 12.0 Å². The predicted molar refractivity (Wildman–Crippen MR) is 52.4 cm³/mol. The van der Waals surface area contributed by atoms with Gasteiger partial charge in [0.05, 0.1) is 13.2 Å². The van der Waals surface area contributed by atoms with E-state index in [9.17, 15) is 18.0 Å². The molecule has 0 aliphatic carbocycles. The molecule has 1 aliphatic rings. The van der Waals surface area contributed by atoms with E-state index in [4.69, 9.17) is 9.47 Å². The first-order valence-electron chi connectivity index (χ1n) is 4.99. The molecule has 0 radical (unpaired) electrons. The van der Waals surface area contributed by atoms with Crippen LogP contribution in [-0.4, -0.2) is 19.5 Å². The lowest BCUT2D eigenvalue weighted by Crippen LogP contribution is -2.12. The van der Waals surface area contributed by atoms with Crippen LogP contribution < -0.4 is 9.47 Å². The third-order valence-corrected chi connectivity index (χ3v) is 2.36. The molecule has 1 heterocycles. The summed E-state index contributed by atoms with van der Waals surface area (Å²) in [5, 5.41) is 0. The number of rotatable bonds is 1. The molecule has 0 fully saturated rings. The summed E-state index contributed by atoms with van der Waals surface area (Å²) in [4.78, 5) is 10.6. The number of halogens is 3. The van der Waals surface area contributed by atoms with E-state index in [0.717, 1.165) is 6.07 Å². The summed E-state index contributed by atoms with van der Waals surface area (Å²) in [6.45, 7) is 0.434. The van der Waals surface area contributed by atoms with Crippen LogP contribution in [0.2, 0.25) is 0 Å². The van der Waals surface area contributed by atoms with Crippen molar-refractivity contribution in [2.24, 2.45) is 0 Å². The first-order chi connectivity index (χ1) is 8.04. The highest BCUT2D eigenvalue weighted by atomic mass is 19.4. The van der Waals surface area contributed by atoms with Gasteiger partial charge in [-0.3, -0.25) is 4.79 Å². The van der Waals surface area contributed by atoms with Crippen molar-refractivity contribution >= 4 is 6.29 Å². The van der Waals surface area contributed by atoms with E-state index in [-0.39, 0.29) is 24.4 Å². The summed E-state index contributed by atoms with van der Waals surface area (Å²) < 4.78 is 48.8. The minimum Gasteiger partial charge on any atom is -0.490 e. The molecular formula is C11H9F3O3. The van der Waals surface area contributed by atoms with E-state index >= 15 is 0 Å². The predicted octanol–water partition coefficient (Wildman–Crippen LogP) is 2.68. The lowest BCUT2D eigenvalue weighted by atomic mass is 10.1. The maximum Gasteiger partial charge on any atom is 0.420 e. The van der Waals surface area contributed by atoms with Crippen LogP contribution in [0.1, 0.15) is 22.3 Å². The summed E-state index contributed by atoms with van der Waals surface area (Å²) in [5.41, 5.74) is -1.51. The summed E-state index contributed by atoms with van der Waals surface area (Å²) in [7, 11) is 0. The van der Waals surface area contributed by atoms with Gasteiger partial charge in [-0.15, -0.1) is 0 Å². The molecule has 3 nitrogen and oxygen atoms in total. The SMILES string of the molecule is O=Cc1ccc2c(c1C(F)(F)F)OCCCO2. The largest absolute Gasteiger partial charge is 0.490 e. The number of alkyl halides is 3. The van der Waals surface area contributed by atoms with Gasteiger partial charge in [-0.05, 0) is 12.1 Å². The highest BCUT2D eigenvalue weighted by molar-refractivity contribution is 5.80. The Balaban J connectivity index is 2.63. The number of carbonyl (C=O) groups is 1. The van der Waals surface area contributed by atoms with Gasteiger partial charge in [-0.1, -0.05) is 0 Å². The molecule has 17 heavy (non-hydrogen) atoms. The zero-order valence-corrected chi connectivity index (χ0v) is 8.71. The smallest absolute Gasteiger partial charge is 0.420 e. The van der Waals surface area contributed by atoms with Crippen LogP contribution in [0.4, 0.5) is 13.2 Å². The quantitative estimate of drug-likeness (QED) is 0.714. The summed E-state index contributed by atoms with van der Waals surface area (Å²) in [6.07, 6.45) is -3.98. The molecule has 0 saturated heterocycles. The Morgan fingerprint density at radius 3 is 2.53 bits per heavy atom. The third kappa shape index (κ3) is 2.20. The molecule has 1 aromatic rings. The average molecular weight is 246 g/mol. The standard InChI is InChI=1S/C11H9F3O3/c12-11(13,14)9-7(6-15)2-3-8-10(9)17-5-1-4-16-8/h2-3,6H,1,4-5H2. The number of ether oxygens (including phenoxy) is 2. The fourth-order valence-electron chi connectivity index (χ4n) is 1.64. The van der Waals surface area contributed by atoms with Crippen LogP contribution in [0.25, 0.3) is 0 Å². The number of aldehydes is 1. The third-order valence-electron chi connectivity index (χ3n) is 2.36. The fourth-order valence-corrected chi connectivity index (χ4v) is 1.64. The van der Waals surface area contributed by atoms with E-state index < -0.39 is 17.3 Å². The number of hydrogen-bond donors (Lipinski definition) is 0. The van der Waals surface area contributed by atoms with Crippen molar-refractivity contribution in [2.45, 2.75) is 12.6 Å². The highest BCUT2D eigenvalue weighted by Gasteiger charge is 2.39.